The molecule has 4 bridgehead atoms. The summed E-state index contributed by atoms with van der Waals surface area (Å²) in [7, 11) is 0. The summed E-state index contributed by atoms with van der Waals surface area (Å²) >= 11 is 6.97. The Balaban J connectivity index is 1.32. The molecule has 1 unspecified atom stereocenters. The first-order chi connectivity index (χ1) is 14.7. The maximum absolute atomic E-state index is 6.97. The molecule has 1 atom stereocenters. The summed E-state index contributed by atoms with van der Waals surface area (Å²) < 4.78 is 0. The molecule has 5 saturated carbocycles. The molecule has 0 aromatic heterocycles. The van der Waals surface area contributed by atoms with Gasteiger partial charge in [-0.1, -0.05) is 54.6 Å². The molecule has 5 aliphatic rings. The first kappa shape index (κ1) is 21.1. The summed E-state index contributed by atoms with van der Waals surface area (Å²) in [5.74, 6) is 5.86. The van der Waals surface area contributed by atoms with Gasteiger partial charge in [0.15, 0.2) is 0 Å². The van der Waals surface area contributed by atoms with E-state index >= 15 is 0 Å². The van der Waals surface area contributed by atoms with E-state index in [1.807, 2.05) is 0 Å². The van der Waals surface area contributed by atoms with Crippen LogP contribution < -0.4 is 5.73 Å². The molecule has 2 N–H and O–H groups in total. The minimum atomic E-state index is 0.540. The second-order valence-corrected chi connectivity index (χ2v) is 11.5. The van der Waals surface area contributed by atoms with Gasteiger partial charge in [-0.05, 0) is 123 Å². The smallest absolute Gasteiger partial charge is 0.0443 e. The lowest BCUT2D eigenvalue weighted by Gasteiger charge is -2.54. The maximum atomic E-state index is 6.97. The highest BCUT2D eigenvalue weighted by molar-refractivity contribution is 6.31. The number of benzene rings is 1. The first-order valence-corrected chi connectivity index (χ1v) is 13.2. The van der Waals surface area contributed by atoms with Crippen LogP contribution in [-0.2, 0) is 6.42 Å². The number of nitrogens with two attached hydrogens (primary N) is 1. The zero-order valence-corrected chi connectivity index (χ0v) is 19.5. The van der Waals surface area contributed by atoms with Crippen molar-refractivity contribution in [1.82, 2.24) is 0 Å². The van der Waals surface area contributed by atoms with Gasteiger partial charge in [0.2, 0.25) is 0 Å². The molecule has 2 heteroatoms. The van der Waals surface area contributed by atoms with E-state index in [2.05, 4.69) is 31.2 Å². The molecule has 0 spiro atoms. The van der Waals surface area contributed by atoms with Gasteiger partial charge in [-0.2, -0.15) is 0 Å². The highest BCUT2D eigenvalue weighted by Gasteiger charge is 2.48. The standard InChI is InChI=1S/C28H40ClN/c1-2-21(26(17-30)22-6-4-3-5-7-22)11-18-8-9-25(27(29)16-18)28-23-12-19-10-20(14-23)15-24(28)13-19/h2,8-9,16,19-20,22-24,26,28H,3-7,10-15,17,30H2,1H3/b21-2+. The normalized spacial score (nSPS) is 35.0. The third kappa shape index (κ3) is 4.02. The second kappa shape index (κ2) is 8.99. The monoisotopic (exact) mass is 425 g/mol. The maximum Gasteiger partial charge on any atom is 0.0443 e. The lowest BCUT2D eigenvalue weighted by atomic mass is 9.51. The minimum absolute atomic E-state index is 0.540. The molecule has 0 radical (unpaired) electrons. The Hall–Kier alpha value is -0.790. The Morgan fingerprint density at radius 3 is 2.27 bits per heavy atom. The van der Waals surface area contributed by atoms with E-state index in [1.54, 1.807) is 0 Å². The van der Waals surface area contributed by atoms with Crippen LogP contribution in [0.4, 0.5) is 0 Å². The van der Waals surface area contributed by atoms with E-state index < -0.39 is 0 Å². The van der Waals surface area contributed by atoms with Crippen LogP contribution in [0.3, 0.4) is 0 Å². The predicted molar refractivity (Wildman–Crippen MR) is 128 cm³/mol. The number of hydrogen-bond donors (Lipinski definition) is 1. The SMILES string of the molecule is C/C=C(\Cc1ccc(C2C3CC4CC(C3)CC2C4)c(Cl)c1)C(CN)C1CCCCC1. The Bertz CT molecular complexity index is 747. The average molecular weight is 426 g/mol. The second-order valence-electron chi connectivity index (χ2n) is 11.1. The fraction of sp³-hybridized carbons (Fsp3) is 0.714. The van der Waals surface area contributed by atoms with Gasteiger partial charge in [0.25, 0.3) is 0 Å². The quantitative estimate of drug-likeness (QED) is 0.468. The molecule has 1 nitrogen and oxygen atoms in total. The largest absolute Gasteiger partial charge is 0.330 e. The van der Waals surface area contributed by atoms with E-state index in [9.17, 15) is 0 Å². The summed E-state index contributed by atoms with van der Waals surface area (Å²) in [4.78, 5) is 0. The topological polar surface area (TPSA) is 26.0 Å². The van der Waals surface area contributed by atoms with E-state index in [0.717, 1.165) is 53.5 Å². The summed E-state index contributed by atoms with van der Waals surface area (Å²) in [5, 5.41) is 1.03. The van der Waals surface area contributed by atoms with E-state index in [1.165, 1.54) is 80.9 Å². The number of halogens is 1. The molecule has 0 aliphatic heterocycles. The van der Waals surface area contributed by atoms with Gasteiger partial charge in [0, 0.05) is 5.02 Å². The van der Waals surface area contributed by atoms with Crippen molar-refractivity contribution in [2.24, 2.45) is 41.2 Å². The van der Waals surface area contributed by atoms with Gasteiger partial charge in [0.05, 0.1) is 0 Å². The Morgan fingerprint density at radius 1 is 1.03 bits per heavy atom. The van der Waals surface area contributed by atoms with E-state index in [0.29, 0.717) is 5.92 Å². The molecule has 1 aromatic carbocycles. The van der Waals surface area contributed by atoms with Crippen molar-refractivity contribution in [3.8, 4) is 0 Å². The van der Waals surface area contributed by atoms with Crippen LogP contribution in [0.5, 0.6) is 0 Å². The van der Waals surface area contributed by atoms with Crippen molar-refractivity contribution < 1.29 is 0 Å². The lowest BCUT2D eigenvalue weighted by molar-refractivity contribution is -0.00275. The van der Waals surface area contributed by atoms with Gasteiger partial charge in [-0.25, -0.2) is 0 Å². The fourth-order valence-corrected chi connectivity index (χ4v) is 8.58. The molecule has 5 fully saturated rings. The fourth-order valence-electron chi connectivity index (χ4n) is 8.25. The van der Waals surface area contributed by atoms with Crippen LogP contribution in [0, 0.1) is 35.5 Å². The van der Waals surface area contributed by atoms with Gasteiger partial charge < -0.3 is 5.73 Å². The van der Waals surface area contributed by atoms with Crippen LogP contribution in [-0.4, -0.2) is 6.54 Å². The minimum Gasteiger partial charge on any atom is -0.330 e. The Morgan fingerprint density at radius 2 is 1.70 bits per heavy atom. The lowest BCUT2D eigenvalue weighted by Crippen LogP contribution is -2.43. The molecular weight excluding hydrogens is 386 g/mol. The van der Waals surface area contributed by atoms with Crippen LogP contribution in [0.15, 0.2) is 29.8 Å². The molecule has 1 aromatic rings. The molecule has 6 rings (SSSR count). The highest BCUT2D eigenvalue weighted by Crippen LogP contribution is 2.60. The van der Waals surface area contributed by atoms with E-state index in [-0.39, 0.29) is 0 Å². The third-order valence-electron chi connectivity index (χ3n) is 9.38. The van der Waals surface area contributed by atoms with Gasteiger partial charge in [-0.15, -0.1) is 0 Å². The summed E-state index contributed by atoms with van der Waals surface area (Å²) in [6, 6.07) is 7.07. The molecule has 0 amide bonds. The first-order valence-electron chi connectivity index (χ1n) is 12.8. The van der Waals surface area contributed by atoms with E-state index in [4.69, 9.17) is 17.3 Å². The Kier molecular flexibility index (Phi) is 6.31. The van der Waals surface area contributed by atoms with Crippen LogP contribution in [0.1, 0.15) is 88.2 Å². The van der Waals surface area contributed by atoms with Crippen molar-refractivity contribution in [3.63, 3.8) is 0 Å². The molecule has 0 saturated heterocycles. The summed E-state index contributed by atoms with van der Waals surface area (Å²) in [6.45, 7) is 2.98. The van der Waals surface area contributed by atoms with Crippen molar-refractivity contribution in [3.05, 3.63) is 46.0 Å². The zero-order valence-electron chi connectivity index (χ0n) is 18.8. The number of rotatable bonds is 6. The summed E-state index contributed by atoms with van der Waals surface area (Å²) in [6.07, 6.45) is 17.6. The molecule has 0 heterocycles. The van der Waals surface area contributed by atoms with Crippen molar-refractivity contribution in [2.75, 3.05) is 6.54 Å². The highest BCUT2D eigenvalue weighted by atomic mass is 35.5. The number of hydrogen-bond acceptors (Lipinski definition) is 1. The van der Waals surface area contributed by atoms with Crippen LogP contribution >= 0.6 is 11.6 Å². The van der Waals surface area contributed by atoms with Gasteiger partial charge in [0.1, 0.15) is 0 Å². The molecule has 5 aliphatic carbocycles. The van der Waals surface area contributed by atoms with Gasteiger partial charge >= 0.3 is 0 Å². The predicted octanol–water partition coefficient (Wildman–Crippen LogP) is 7.52. The Labute approximate surface area is 188 Å². The molecular formula is C28H40ClN. The van der Waals surface area contributed by atoms with Gasteiger partial charge in [-0.3, -0.25) is 0 Å². The van der Waals surface area contributed by atoms with Crippen LogP contribution in [0.25, 0.3) is 0 Å². The molecule has 164 valence electrons. The average Bonchev–Trinajstić information content (AvgIpc) is 2.75. The van der Waals surface area contributed by atoms with Crippen molar-refractivity contribution in [2.45, 2.75) is 83.5 Å². The zero-order chi connectivity index (χ0) is 20.7. The number of allylic oxidation sites excluding steroid dienone is 1. The summed E-state index contributed by atoms with van der Waals surface area (Å²) in [5.41, 5.74) is 10.6. The van der Waals surface area contributed by atoms with Crippen LogP contribution in [0.2, 0.25) is 5.02 Å². The third-order valence-corrected chi connectivity index (χ3v) is 9.71. The molecule has 30 heavy (non-hydrogen) atoms. The van der Waals surface area contributed by atoms with Crippen molar-refractivity contribution >= 4 is 11.6 Å². The van der Waals surface area contributed by atoms with Crippen molar-refractivity contribution in [1.29, 1.82) is 0 Å².